The van der Waals surface area contributed by atoms with Crippen LogP contribution in [-0.2, 0) is 20.7 Å². The Bertz CT molecular complexity index is 1000. The number of carbonyl (C=O) groups excluding carboxylic acids is 3. The molecule has 0 saturated carbocycles. The minimum Gasteiger partial charge on any atom is -0.455 e. The van der Waals surface area contributed by atoms with E-state index >= 15 is 0 Å². The molecule has 9 heteroatoms. The highest BCUT2D eigenvalue weighted by molar-refractivity contribution is 6.02. The highest BCUT2D eigenvalue weighted by Crippen LogP contribution is 2.18. The van der Waals surface area contributed by atoms with Crippen LogP contribution in [0.2, 0.25) is 0 Å². The molecule has 8 nitrogen and oxygen atoms in total. The molecule has 0 fully saturated rings. The maximum absolute atomic E-state index is 13.4. The number of hydrogen-bond acceptors (Lipinski definition) is 6. The van der Waals surface area contributed by atoms with Gasteiger partial charge in [0.05, 0.1) is 12.1 Å². The first-order valence-corrected chi connectivity index (χ1v) is 7.87. The summed E-state index contributed by atoms with van der Waals surface area (Å²) in [6.07, 6.45) is -0.189. The summed E-state index contributed by atoms with van der Waals surface area (Å²) in [5.74, 6) is -2.22. The van der Waals surface area contributed by atoms with Gasteiger partial charge in [-0.25, -0.2) is 9.18 Å². The minimum atomic E-state index is -0.941. The van der Waals surface area contributed by atoms with E-state index in [4.69, 9.17) is 9.26 Å². The van der Waals surface area contributed by atoms with E-state index in [1.807, 2.05) is 5.32 Å². The van der Waals surface area contributed by atoms with Crippen LogP contribution in [0, 0.1) is 5.82 Å². The first-order chi connectivity index (χ1) is 13.0. The van der Waals surface area contributed by atoms with Crippen molar-refractivity contribution in [3.05, 3.63) is 60.0 Å². The predicted octanol–water partition coefficient (Wildman–Crippen LogP) is 2.40. The number of aromatic nitrogens is 1. The lowest BCUT2D eigenvalue weighted by Gasteiger charge is -2.07. The number of hydrogen-bond donors (Lipinski definition) is 2. The number of urea groups is 1. The average molecular weight is 371 g/mol. The number of amides is 3. The summed E-state index contributed by atoms with van der Waals surface area (Å²) >= 11 is 0. The van der Waals surface area contributed by atoms with Crippen molar-refractivity contribution < 1.29 is 28.0 Å². The summed E-state index contributed by atoms with van der Waals surface area (Å²) in [7, 11) is 0. The summed E-state index contributed by atoms with van der Waals surface area (Å²) in [6.45, 7) is -0.667. The molecule has 27 heavy (non-hydrogen) atoms. The molecule has 0 atom stereocenters. The SMILES string of the molecule is O=C(COC(=O)Cc1noc2ccccc12)NC(=O)Nc1ccccc1F. The van der Waals surface area contributed by atoms with E-state index in [0.29, 0.717) is 16.7 Å². The van der Waals surface area contributed by atoms with Gasteiger partial charge in [-0.2, -0.15) is 0 Å². The van der Waals surface area contributed by atoms with Crippen molar-refractivity contribution in [2.45, 2.75) is 6.42 Å². The Kier molecular flexibility index (Phi) is 5.41. The van der Waals surface area contributed by atoms with E-state index in [0.717, 1.165) is 6.07 Å². The number of nitrogens with zero attached hydrogens (tertiary/aromatic N) is 1. The Balaban J connectivity index is 1.46. The minimum absolute atomic E-state index is 0.0855. The molecular formula is C18H14FN3O5. The summed E-state index contributed by atoms with van der Waals surface area (Å²) < 4.78 is 23.3. The summed E-state index contributed by atoms with van der Waals surface area (Å²) in [6, 6.07) is 11.5. The third kappa shape index (κ3) is 4.66. The normalized spacial score (nSPS) is 10.4. The molecule has 0 radical (unpaired) electrons. The third-order valence-electron chi connectivity index (χ3n) is 3.50. The molecule has 1 aromatic heterocycles. The number of carbonyl (C=O) groups is 3. The van der Waals surface area contributed by atoms with Gasteiger partial charge < -0.3 is 14.6 Å². The van der Waals surface area contributed by atoms with Crippen LogP contribution in [0.25, 0.3) is 11.0 Å². The molecule has 1 heterocycles. The van der Waals surface area contributed by atoms with Gasteiger partial charge in [0.2, 0.25) is 0 Å². The smallest absolute Gasteiger partial charge is 0.326 e. The number of anilines is 1. The van der Waals surface area contributed by atoms with Crippen LogP contribution in [-0.4, -0.2) is 29.7 Å². The van der Waals surface area contributed by atoms with Crippen LogP contribution < -0.4 is 10.6 Å². The average Bonchev–Trinajstić information content (AvgIpc) is 3.05. The van der Waals surface area contributed by atoms with Gasteiger partial charge in [-0.15, -0.1) is 0 Å². The van der Waals surface area contributed by atoms with Gasteiger partial charge in [0.25, 0.3) is 5.91 Å². The van der Waals surface area contributed by atoms with Crippen LogP contribution in [0.1, 0.15) is 5.69 Å². The second kappa shape index (κ2) is 8.09. The molecule has 138 valence electrons. The van der Waals surface area contributed by atoms with Crippen molar-refractivity contribution in [1.29, 1.82) is 0 Å². The number of imide groups is 1. The largest absolute Gasteiger partial charge is 0.455 e. The number of ether oxygens (including phenoxy) is 1. The van der Waals surface area contributed by atoms with Crippen molar-refractivity contribution in [3.63, 3.8) is 0 Å². The monoisotopic (exact) mass is 371 g/mol. The van der Waals surface area contributed by atoms with Crippen LogP contribution in [0.3, 0.4) is 0 Å². The van der Waals surface area contributed by atoms with E-state index < -0.39 is 30.3 Å². The molecule has 0 spiro atoms. The van der Waals surface area contributed by atoms with E-state index in [-0.39, 0.29) is 12.1 Å². The van der Waals surface area contributed by atoms with Gasteiger partial charge in [-0.1, -0.05) is 29.4 Å². The molecule has 3 rings (SSSR count). The van der Waals surface area contributed by atoms with Crippen molar-refractivity contribution in [2.24, 2.45) is 0 Å². The van der Waals surface area contributed by atoms with E-state index in [2.05, 4.69) is 10.5 Å². The number of benzene rings is 2. The number of esters is 1. The maximum atomic E-state index is 13.4. The van der Waals surface area contributed by atoms with Gasteiger partial charge in [0, 0.05) is 5.39 Å². The summed E-state index contributed by atoms with van der Waals surface area (Å²) in [5.41, 5.74) is 0.828. The van der Waals surface area contributed by atoms with Gasteiger partial charge >= 0.3 is 12.0 Å². The van der Waals surface area contributed by atoms with Gasteiger partial charge in [-0.3, -0.25) is 14.9 Å². The van der Waals surface area contributed by atoms with Gasteiger partial charge in [-0.05, 0) is 24.3 Å². The van der Waals surface area contributed by atoms with E-state index in [9.17, 15) is 18.8 Å². The number of fused-ring (bicyclic) bond motifs is 1. The Labute approximate surface area is 152 Å². The molecule has 2 N–H and O–H groups in total. The molecule has 3 aromatic rings. The summed E-state index contributed by atoms with van der Waals surface area (Å²) in [4.78, 5) is 35.2. The Hall–Kier alpha value is -3.75. The van der Waals surface area contributed by atoms with Crippen LogP contribution in [0.15, 0.2) is 53.1 Å². The number of rotatable bonds is 5. The van der Waals surface area contributed by atoms with Crippen molar-refractivity contribution in [2.75, 3.05) is 11.9 Å². The van der Waals surface area contributed by atoms with Crippen LogP contribution >= 0.6 is 0 Å². The molecule has 0 saturated heterocycles. The van der Waals surface area contributed by atoms with E-state index in [1.54, 1.807) is 24.3 Å². The lowest BCUT2D eigenvalue weighted by atomic mass is 10.2. The Morgan fingerprint density at radius 1 is 1.07 bits per heavy atom. The zero-order valence-electron chi connectivity index (χ0n) is 13.9. The van der Waals surface area contributed by atoms with Gasteiger partial charge in [0.1, 0.15) is 11.5 Å². The third-order valence-corrected chi connectivity index (χ3v) is 3.50. The van der Waals surface area contributed by atoms with Crippen LogP contribution in [0.5, 0.6) is 0 Å². The van der Waals surface area contributed by atoms with Gasteiger partial charge in [0.15, 0.2) is 12.2 Å². The zero-order valence-corrected chi connectivity index (χ0v) is 13.9. The molecule has 2 aromatic carbocycles. The Morgan fingerprint density at radius 3 is 2.63 bits per heavy atom. The number of halogens is 1. The second-order valence-electron chi connectivity index (χ2n) is 5.45. The van der Waals surface area contributed by atoms with E-state index in [1.165, 1.54) is 18.2 Å². The molecule has 0 aliphatic rings. The van der Waals surface area contributed by atoms with Crippen LogP contribution in [0.4, 0.5) is 14.9 Å². The highest BCUT2D eigenvalue weighted by atomic mass is 19.1. The quantitative estimate of drug-likeness (QED) is 0.667. The van der Waals surface area contributed by atoms with Crippen molar-refractivity contribution >= 4 is 34.6 Å². The fourth-order valence-electron chi connectivity index (χ4n) is 2.28. The maximum Gasteiger partial charge on any atom is 0.326 e. The fraction of sp³-hybridized carbons (Fsp3) is 0.111. The molecule has 0 aliphatic carbocycles. The first kappa shape index (κ1) is 18.1. The zero-order chi connectivity index (χ0) is 19.2. The number of nitrogens with one attached hydrogen (secondary N) is 2. The standard InChI is InChI=1S/C18H14FN3O5/c19-12-6-2-3-7-13(12)20-18(25)21-16(23)10-26-17(24)9-14-11-5-1-4-8-15(11)27-22-14/h1-8H,9-10H2,(H2,20,21,23,25). The summed E-state index contributed by atoms with van der Waals surface area (Å²) in [5, 5.41) is 8.57. The molecule has 0 bridgehead atoms. The molecule has 0 aliphatic heterocycles. The fourth-order valence-corrected chi connectivity index (χ4v) is 2.28. The lowest BCUT2D eigenvalue weighted by molar-refractivity contribution is -0.147. The lowest BCUT2D eigenvalue weighted by Crippen LogP contribution is -2.37. The molecular weight excluding hydrogens is 357 g/mol. The second-order valence-corrected chi connectivity index (χ2v) is 5.45. The predicted molar refractivity (Wildman–Crippen MR) is 92.2 cm³/mol. The molecule has 0 unspecified atom stereocenters. The van der Waals surface area contributed by atoms with Crippen molar-refractivity contribution in [3.8, 4) is 0 Å². The molecule has 3 amide bonds. The highest BCUT2D eigenvalue weighted by Gasteiger charge is 2.16. The first-order valence-electron chi connectivity index (χ1n) is 7.87. The number of para-hydroxylation sites is 2. The topological polar surface area (TPSA) is 111 Å². The van der Waals surface area contributed by atoms with Crippen molar-refractivity contribution in [1.82, 2.24) is 10.5 Å². The Morgan fingerprint density at radius 2 is 1.81 bits per heavy atom.